The zero-order valence-electron chi connectivity index (χ0n) is 21.2. The van der Waals surface area contributed by atoms with Gasteiger partial charge in [-0.2, -0.15) is 0 Å². The quantitative estimate of drug-likeness (QED) is 0.419. The van der Waals surface area contributed by atoms with Crippen LogP contribution in [0, 0.1) is 17.3 Å². The van der Waals surface area contributed by atoms with E-state index in [1.54, 1.807) is 16.7 Å². The summed E-state index contributed by atoms with van der Waals surface area (Å²) in [7, 11) is -1.82. The molecule has 3 heteroatoms. The Kier molecular flexibility index (Phi) is 6.27. The van der Waals surface area contributed by atoms with Gasteiger partial charge in [-0.3, -0.25) is 0 Å². The smallest absolute Gasteiger partial charge is 0.250 e. The summed E-state index contributed by atoms with van der Waals surface area (Å²) in [6, 6.07) is 5.04. The van der Waals surface area contributed by atoms with Gasteiger partial charge in [0.05, 0.1) is 0 Å². The van der Waals surface area contributed by atoms with E-state index in [0.717, 1.165) is 24.2 Å². The molecular formula is C28H44OSSi. The molecule has 0 saturated heterocycles. The van der Waals surface area contributed by atoms with Crippen molar-refractivity contribution in [3.8, 4) is 5.75 Å². The number of thioether (sulfide) groups is 1. The Morgan fingerprint density at radius 3 is 2.55 bits per heavy atom. The molecule has 0 spiro atoms. The molecule has 1 nitrogen and oxygen atoms in total. The first-order chi connectivity index (χ1) is 14.5. The van der Waals surface area contributed by atoms with Crippen molar-refractivity contribution in [1.29, 1.82) is 0 Å². The summed E-state index contributed by atoms with van der Waals surface area (Å²) >= 11 is 1.91. The van der Waals surface area contributed by atoms with Gasteiger partial charge in [0, 0.05) is 0 Å². The first kappa shape index (κ1) is 23.5. The lowest BCUT2D eigenvalue weighted by Crippen LogP contribution is -2.44. The molecule has 31 heavy (non-hydrogen) atoms. The maximum atomic E-state index is 6.85. The van der Waals surface area contributed by atoms with E-state index in [1.165, 1.54) is 49.8 Å². The van der Waals surface area contributed by atoms with E-state index in [0.29, 0.717) is 5.41 Å². The van der Waals surface area contributed by atoms with Crippen molar-refractivity contribution >= 4 is 20.1 Å². The van der Waals surface area contributed by atoms with Gasteiger partial charge in [0.25, 0.3) is 0 Å². The van der Waals surface area contributed by atoms with Crippen molar-refractivity contribution < 1.29 is 4.43 Å². The predicted octanol–water partition coefficient (Wildman–Crippen LogP) is 8.74. The van der Waals surface area contributed by atoms with Crippen LogP contribution in [0.25, 0.3) is 0 Å². The summed E-state index contributed by atoms with van der Waals surface area (Å²) in [6.45, 7) is 16.7. The average Bonchev–Trinajstić information content (AvgIpc) is 3.03. The lowest BCUT2D eigenvalue weighted by molar-refractivity contribution is 0.0815. The summed E-state index contributed by atoms with van der Waals surface area (Å²) in [6.07, 6.45) is 11.4. The Hall–Kier alpha value is -0.673. The van der Waals surface area contributed by atoms with Crippen LogP contribution >= 0.6 is 11.8 Å². The SMILES string of the molecule is CCc1cc2c(cc1O[Si](C)(C)C(C)(C)C)CCC1C2CC[C@]2(C)C(=CSC)CCC12. The molecule has 0 aromatic heterocycles. The van der Waals surface area contributed by atoms with E-state index in [2.05, 4.69) is 71.5 Å². The van der Waals surface area contributed by atoms with Crippen LogP contribution in [0.1, 0.15) is 89.3 Å². The molecule has 2 saturated carbocycles. The van der Waals surface area contributed by atoms with Gasteiger partial charge < -0.3 is 4.43 Å². The first-order valence-electron chi connectivity index (χ1n) is 12.6. The second-order valence-electron chi connectivity index (χ2n) is 12.2. The molecule has 0 N–H and O–H groups in total. The molecule has 0 radical (unpaired) electrons. The van der Waals surface area contributed by atoms with Crippen molar-refractivity contribution in [3.05, 3.63) is 39.8 Å². The molecule has 0 amide bonds. The van der Waals surface area contributed by atoms with Crippen molar-refractivity contribution in [1.82, 2.24) is 0 Å². The molecule has 172 valence electrons. The van der Waals surface area contributed by atoms with Crippen LogP contribution in [0.4, 0.5) is 0 Å². The third-order valence-electron chi connectivity index (χ3n) is 9.57. The van der Waals surface area contributed by atoms with Crippen LogP contribution in [-0.2, 0) is 12.8 Å². The molecule has 0 bridgehead atoms. The molecule has 3 aliphatic carbocycles. The maximum absolute atomic E-state index is 6.85. The Bertz CT molecular complexity index is 864. The molecule has 0 heterocycles. The largest absolute Gasteiger partial charge is 0.543 e. The van der Waals surface area contributed by atoms with Crippen molar-refractivity contribution in [3.63, 3.8) is 0 Å². The lowest BCUT2D eigenvalue weighted by atomic mass is 9.55. The van der Waals surface area contributed by atoms with Gasteiger partial charge in [-0.15, -0.1) is 11.8 Å². The van der Waals surface area contributed by atoms with Crippen molar-refractivity contribution in [2.75, 3.05) is 6.26 Å². The number of allylic oxidation sites excluding steroid dienone is 1. The topological polar surface area (TPSA) is 9.23 Å². The Morgan fingerprint density at radius 1 is 1.16 bits per heavy atom. The summed E-state index contributed by atoms with van der Waals surface area (Å²) in [4.78, 5) is 0. The fraction of sp³-hybridized carbons (Fsp3) is 0.714. The Balaban J connectivity index is 1.66. The highest BCUT2D eigenvalue weighted by Gasteiger charge is 2.52. The van der Waals surface area contributed by atoms with Gasteiger partial charge in [0.15, 0.2) is 0 Å². The molecule has 4 rings (SSSR count). The Morgan fingerprint density at radius 2 is 1.90 bits per heavy atom. The highest BCUT2D eigenvalue weighted by Crippen LogP contribution is 2.63. The lowest BCUT2D eigenvalue weighted by Gasteiger charge is -2.50. The van der Waals surface area contributed by atoms with Gasteiger partial charge in [-0.25, -0.2) is 0 Å². The highest BCUT2D eigenvalue weighted by atomic mass is 32.2. The van der Waals surface area contributed by atoms with Crippen LogP contribution in [0.5, 0.6) is 5.75 Å². The van der Waals surface area contributed by atoms with Crippen LogP contribution in [0.2, 0.25) is 18.1 Å². The average molecular weight is 457 g/mol. The van der Waals surface area contributed by atoms with E-state index >= 15 is 0 Å². The minimum Gasteiger partial charge on any atom is -0.543 e. The van der Waals surface area contributed by atoms with Gasteiger partial charge >= 0.3 is 0 Å². The minimum atomic E-state index is -1.82. The van der Waals surface area contributed by atoms with Crippen LogP contribution in [-0.4, -0.2) is 14.6 Å². The van der Waals surface area contributed by atoms with Crippen molar-refractivity contribution in [2.24, 2.45) is 17.3 Å². The number of rotatable bonds is 4. The normalized spacial score (nSPS) is 31.9. The van der Waals surface area contributed by atoms with E-state index in [1.807, 2.05) is 11.8 Å². The third-order valence-corrected chi connectivity index (χ3v) is 14.4. The predicted molar refractivity (Wildman–Crippen MR) is 140 cm³/mol. The fourth-order valence-corrected chi connectivity index (χ4v) is 8.35. The zero-order chi connectivity index (χ0) is 22.6. The van der Waals surface area contributed by atoms with Crippen LogP contribution in [0.15, 0.2) is 23.1 Å². The molecule has 3 unspecified atom stereocenters. The van der Waals surface area contributed by atoms with Crippen molar-refractivity contribution in [2.45, 2.75) is 104 Å². The van der Waals surface area contributed by atoms with E-state index in [4.69, 9.17) is 4.43 Å². The second kappa shape index (κ2) is 8.28. The Labute approximate surface area is 196 Å². The molecule has 0 aliphatic heterocycles. The van der Waals surface area contributed by atoms with E-state index in [9.17, 15) is 0 Å². The summed E-state index contributed by atoms with van der Waals surface area (Å²) in [5.74, 6) is 3.71. The summed E-state index contributed by atoms with van der Waals surface area (Å²) in [5.41, 5.74) is 6.92. The van der Waals surface area contributed by atoms with Gasteiger partial charge in [0.2, 0.25) is 8.32 Å². The van der Waals surface area contributed by atoms with E-state index < -0.39 is 8.32 Å². The highest BCUT2D eigenvalue weighted by molar-refractivity contribution is 8.01. The number of aryl methyl sites for hydroxylation is 2. The van der Waals surface area contributed by atoms with Crippen LogP contribution < -0.4 is 4.43 Å². The molecule has 4 atom stereocenters. The maximum Gasteiger partial charge on any atom is 0.250 e. The summed E-state index contributed by atoms with van der Waals surface area (Å²) < 4.78 is 6.85. The molecule has 1 aromatic rings. The third kappa shape index (κ3) is 3.96. The molecule has 3 aliphatic rings. The first-order valence-corrected chi connectivity index (χ1v) is 16.8. The van der Waals surface area contributed by atoms with Gasteiger partial charge in [-0.1, -0.05) is 46.3 Å². The summed E-state index contributed by atoms with van der Waals surface area (Å²) in [5, 5.41) is 2.72. The molecule has 2 fully saturated rings. The standard InChI is InChI=1S/C28H44OSSi/c1-9-19-16-24-20(17-26(19)29-31(7,8)27(2,3)4)10-12-23-22(24)14-15-28(5)21(18-30-6)11-13-25(23)28/h16-18,22-23,25H,9-15H2,1-8H3/t22?,23?,25?,28-/m1/s1. The number of hydrogen-bond acceptors (Lipinski definition) is 2. The van der Waals surface area contributed by atoms with Crippen LogP contribution in [0.3, 0.4) is 0 Å². The van der Waals surface area contributed by atoms with Gasteiger partial charge in [0.1, 0.15) is 5.75 Å². The number of benzene rings is 1. The molecule has 1 aromatic carbocycles. The van der Waals surface area contributed by atoms with E-state index in [-0.39, 0.29) is 5.04 Å². The number of fused-ring (bicyclic) bond motifs is 5. The number of hydrogen-bond donors (Lipinski definition) is 0. The molecular weight excluding hydrogens is 412 g/mol. The van der Waals surface area contributed by atoms with Gasteiger partial charge in [-0.05, 0) is 121 Å². The minimum absolute atomic E-state index is 0.233. The fourth-order valence-electron chi connectivity index (χ4n) is 6.63. The zero-order valence-corrected chi connectivity index (χ0v) is 23.0. The second-order valence-corrected chi connectivity index (χ2v) is 17.6. The monoisotopic (exact) mass is 456 g/mol.